The van der Waals surface area contributed by atoms with E-state index in [1.54, 1.807) is 6.20 Å². The lowest BCUT2D eigenvalue weighted by atomic mass is 9.67. The van der Waals surface area contributed by atoms with Gasteiger partial charge in [-0.05, 0) is 43.5 Å². The summed E-state index contributed by atoms with van der Waals surface area (Å²) >= 11 is 0. The molecule has 0 spiro atoms. The van der Waals surface area contributed by atoms with Crippen LogP contribution in [0.1, 0.15) is 36.4 Å². The van der Waals surface area contributed by atoms with Crippen LogP contribution in [0.5, 0.6) is 0 Å². The van der Waals surface area contributed by atoms with Crippen molar-refractivity contribution in [2.24, 2.45) is 11.7 Å². The zero-order valence-corrected chi connectivity index (χ0v) is 17.2. The normalized spacial score (nSPS) is 27.5. The maximum absolute atomic E-state index is 9.39. The van der Waals surface area contributed by atoms with Crippen molar-refractivity contribution in [1.29, 1.82) is 10.5 Å². The van der Waals surface area contributed by atoms with E-state index < -0.39 is 5.54 Å². The molecule has 2 fully saturated rings. The second-order valence-corrected chi connectivity index (χ2v) is 8.52. The predicted molar refractivity (Wildman–Crippen MR) is 114 cm³/mol. The van der Waals surface area contributed by atoms with E-state index in [0.717, 1.165) is 33.5 Å². The summed E-state index contributed by atoms with van der Waals surface area (Å²) in [7, 11) is 0. The molecule has 1 saturated carbocycles. The third-order valence-corrected chi connectivity index (χ3v) is 6.47. The Morgan fingerprint density at radius 3 is 2.87 bits per heavy atom. The SMILES string of the molecule is Cc1cn(C2(CC#N)CC(C#N)C2)nc1-c1nc(C2CNNC2N)cc2ncccc12. The van der Waals surface area contributed by atoms with E-state index in [0.29, 0.717) is 25.8 Å². The zero-order chi connectivity index (χ0) is 21.6. The van der Waals surface area contributed by atoms with Gasteiger partial charge in [-0.2, -0.15) is 15.6 Å². The van der Waals surface area contributed by atoms with Gasteiger partial charge in [-0.15, -0.1) is 0 Å². The molecule has 0 aromatic carbocycles. The molecule has 156 valence electrons. The van der Waals surface area contributed by atoms with Crippen LogP contribution >= 0.6 is 0 Å². The van der Waals surface area contributed by atoms with Gasteiger partial charge < -0.3 is 5.73 Å². The van der Waals surface area contributed by atoms with E-state index in [9.17, 15) is 10.5 Å². The molecule has 3 aromatic rings. The van der Waals surface area contributed by atoms with Crippen molar-refractivity contribution in [1.82, 2.24) is 30.6 Å². The molecule has 2 unspecified atom stereocenters. The quantitative estimate of drug-likeness (QED) is 0.588. The number of pyridine rings is 2. The number of nitrogens with one attached hydrogen (secondary N) is 2. The van der Waals surface area contributed by atoms with Crippen LogP contribution in [0.2, 0.25) is 0 Å². The molecule has 4 heterocycles. The first kappa shape index (κ1) is 19.6. The molecule has 1 aliphatic carbocycles. The van der Waals surface area contributed by atoms with E-state index in [1.807, 2.05) is 36.0 Å². The van der Waals surface area contributed by atoms with Crippen LogP contribution in [0, 0.1) is 35.5 Å². The summed E-state index contributed by atoms with van der Waals surface area (Å²) in [6.07, 6.45) is 5.11. The first-order chi connectivity index (χ1) is 15.0. The Bertz CT molecular complexity index is 1230. The lowest BCUT2D eigenvalue weighted by Crippen LogP contribution is -2.46. The Hall–Kier alpha value is -3.37. The average molecular weight is 413 g/mol. The Morgan fingerprint density at radius 2 is 2.16 bits per heavy atom. The third kappa shape index (κ3) is 3.15. The maximum Gasteiger partial charge on any atom is 0.114 e. The molecule has 2 aliphatic rings. The minimum absolute atomic E-state index is 0.0143. The lowest BCUT2D eigenvalue weighted by molar-refractivity contribution is 0.0883. The van der Waals surface area contributed by atoms with Gasteiger partial charge in [0.05, 0.1) is 47.4 Å². The summed E-state index contributed by atoms with van der Waals surface area (Å²) < 4.78 is 1.88. The van der Waals surface area contributed by atoms with Gasteiger partial charge in [-0.1, -0.05) is 0 Å². The molecular formula is C22H23N9. The predicted octanol–water partition coefficient (Wildman–Crippen LogP) is 1.82. The van der Waals surface area contributed by atoms with Crippen LogP contribution in [-0.4, -0.2) is 32.5 Å². The minimum Gasteiger partial charge on any atom is -0.314 e. The van der Waals surface area contributed by atoms with Gasteiger partial charge >= 0.3 is 0 Å². The topological polar surface area (TPSA) is 141 Å². The van der Waals surface area contributed by atoms with Crippen LogP contribution < -0.4 is 16.6 Å². The van der Waals surface area contributed by atoms with Crippen molar-refractivity contribution >= 4 is 10.9 Å². The molecular weight excluding hydrogens is 390 g/mol. The zero-order valence-electron chi connectivity index (χ0n) is 17.2. The lowest BCUT2D eigenvalue weighted by Gasteiger charge is -2.43. The first-order valence-electron chi connectivity index (χ1n) is 10.4. The fourth-order valence-corrected chi connectivity index (χ4v) is 4.71. The molecule has 2 atom stereocenters. The fraction of sp³-hybridized carbons (Fsp3) is 0.409. The van der Waals surface area contributed by atoms with E-state index >= 15 is 0 Å². The number of hydrogen-bond acceptors (Lipinski definition) is 8. The summed E-state index contributed by atoms with van der Waals surface area (Å²) in [5, 5.41) is 24.5. The van der Waals surface area contributed by atoms with E-state index in [4.69, 9.17) is 15.8 Å². The summed E-state index contributed by atoms with van der Waals surface area (Å²) in [5.41, 5.74) is 16.1. The van der Waals surface area contributed by atoms with Gasteiger partial charge in [-0.25, -0.2) is 10.4 Å². The van der Waals surface area contributed by atoms with Crippen molar-refractivity contribution in [3.05, 3.63) is 41.9 Å². The summed E-state index contributed by atoms with van der Waals surface area (Å²) in [6.45, 7) is 2.68. The Kier molecular flexibility index (Phi) is 4.67. The maximum atomic E-state index is 9.39. The molecule has 31 heavy (non-hydrogen) atoms. The van der Waals surface area contributed by atoms with Gasteiger partial charge in [0, 0.05) is 30.2 Å². The van der Waals surface area contributed by atoms with Crippen molar-refractivity contribution in [2.45, 2.75) is 43.8 Å². The van der Waals surface area contributed by atoms with Crippen molar-refractivity contribution < 1.29 is 0 Å². The number of nitrogens with two attached hydrogens (primary N) is 1. The molecule has 5 rings (SSSR count). The summed E-state index contributed by atoms with van der Waals surface area (Å²) in [6, 6.07) is 10.5. The standard InChI is InChI=1S/C22H23N9/c1-13-12-31(22(4-5-23)8-14(9-22)10-24)30-19(13)20-15-3-2-6-26-17(15)7-18(28-20)16-11-27-29-21(16)25/h2-3,6-7,12,14,16,21,27,29H,4,8-9,11,25H2,1H3. The Balaban J connectivity index is 1.63. The third-order valence-electron chi connectivity index (χ3n) is 6.47. The highest BCUT2D eigenvalue weighted by atomic mass is 15.4. The van der Waals surface area contributed by atoms with Crippen LogP contribution in [0.3, 0.4) is 0 Å². The van der Waals surface area contributed by atoms with Crippen LogP contribution in [0.15, 0.2) is 30.6 Å². The summed E-state index contributed by atoms with van der Waals surface area (Å²) in [4.78, 5) is 9.54. The number of aromatic nitrogens is 4. The molecule has 9 nitrogen and oxygen atoms in total. The molecule has 3 aromatic heterocycles. The molecule has 0 radical (unpaired) electrons. The van der Waals surface area contributed by atoms with E-state index in [2.05, 4.69) is 28.0 Å². The van der Waals surface area contributed by atoms with Crippen LogP contribution in [0.4, 0.5) is 0 Å². The molecule has 9 heteroatoms. The average Bonchev–Trinajstić information content (AvgIpc) is 3.35. The highest BCUT2D eigenvalue weighted by Crippen LogP contribution is 2.46. The summed E-state index contributed by atoms with van der Waals surface area (Å²) in [5.74, 6) is -0.0165. The molecule has 0 amide bonds. The molecule has 1 saturated heterocycles. The van der Waals surface area contributed by atoms with Gasteiger partial charge in [0.15, 0.2) is 0 Å². The highest BCUT2D eigenvalue weighted by Gasteiger charge is 2.47. The number of nitrogens with zero attached hydrogens (tertiary/aromatic N) is 6. The highest BCUT2D eigenvalue weighted by molar-refractivity contribution is 5.92. The van der Waals surface area contributed by atoms with Crippen molar-refractivity contribution in [3.63, 3.8) is 0 Å². The number of fused-ring (bicyclic) bond motifs is 1. The smallest absolute Gasteiger partial charge is 0.114 e. The van der Waals surface area contributed by atoms with Crippen LogP contribution in [0.25, 0.3) is 22.3 Å². The Labute approximate surface area is 179 Å². The van der Waals surface area contributed by atoms with Crippen molar-refractivity contribution in [2.75, 3.05) is 6.54 Å². The Morgan fingerprint density at radius 1 is 1.32 bits per heavy atom. The van der Waals surface area contributed by atoms with Gasteiger partial charge in [0.1, 0.15) is 11.4 Å². The largest absolute Gasteiger partial charge is 0.314 e. The van der Waals surface area contributed by atoms with E-state index in [-0.39, 0.29) is 18.0 Å². The monoisotopic (exact) mass is 413 g/mol. The van der Waals surface area contributed by atoms with Gasteiger partial charge in [0.2, 0.25) is 0 Å². The minimum atomic E-state index is -0.425. The molecule has 4 N–H and O–H groups in total. The van der Waals surface area contributed by atoms with Gasteiger partial charge in [-0.3, -0.25) is 15.1 Å². The number of hydrazine groups is 1. The number of hydrogen-bond donors (Lipinski definition) is 3. The van der Waals surface area contributed by atoms with E-state index in [1.165, 1.54) is 0 Å². The second kappa shape index (κ2) is 7.40. The van der Waals surface area contributed by atoms with Crippen molar-refractivity contribution in [3.8, 4) is 23.5 Å². The number of nitriles is 2. The molecule has 0 bridgehead atoms. The number of aryl methyl sites for hydroxylation is 1. The second-order valence-electron chi connectivity index (χ2n) is 8.52. The van der Waals surface area contributed by atoms with Crippen LogP contribution in [-0.2, 0) is 5.54 Å². The van der Waals surface area contributed by atoms with Gasteiger partial charge in [0.25, 0.3) is 0 Å². The number of rotatable bonds is 4. The molecule has 1 aliphatic heterocycles. The fourth-order valence-electron chi connectivity index (χ4n) is 4.71. The first-order valence-corrected chi connectivity index (χ1v) is 10.4.